The molecule has 3 rings (SSSR count). The highest BCUT2D eigenvalue weighted by Gasteiger charge is 2.30. The number of nitrogens with zero attached hydrogens (tertiary/aromatic N) is 3. The SMILES string of the molecule is CN(C)c1ccc(C(=O)N2CCN(C(=O)C3CSCN3)CC2)cc1. The van der Waals surface area contributed by atoms with Gasteiger partial charge in [-0.2, -0.15) is 0 Å². The maximum absolute atomic E-state index is 12.6. The summed E-state index contributed by atoms with van der Waals surface area (Å²) in [5.74, 6) is 1.90. The average molecular weight is 348 g/mol. The van der Waals surface area contributed by atoms with Crippen molar-refractivity contribution in [2.75, 3.05) is 56.8 Å². The first kappa shape index (κ1) is 17.1. The predicted molar refractivity (Wildman–Crippen MR) is 97.5 cm³/mol. The van der Waals surface area contributed by atoms with E-state index in [9.17, 15) is 9.59 Å². The highest BCUT2D eigenvalue weighted by molar-refractivity contribution is 7.99. The number of thioether (sulfide) groups is 1. The third kappa shape index (κ3) is 3.67. The van der Waals surface area contributed by atoms with Gasteiger partial charge in [-0.05, 0) is 24.3 Å². The van der Waals surface area contributed by atoms with Gasteiger partial charge in [-0.1, -0.05) is 0 Å². The summed E-state index contributed by atoms with van der Waals surface area (Å²) in [5.41, 5.74) is 1.78. The molecule has 1 atom stereocenters. The third-order valence-electron chi connectivity index (χ3n) is 4.52. The van der Waals surface area contributed by atoms with Gasteiger partial charge in [-0.25, -0.2) is 0 Å². The van der Waals surface area contributed by atoms with Gasteiger partial charge in [0.1, 0.15) is 0 Å². The number of anilines is 1. The van der Waals surface area contributed by atoms with Crippen LogP contribution in [0.25, 0.3) is 0 Å². The van der Waals surface area contributed by atoms with Gasteiger partial charge in [-0.15, -0.1) is 11.8 Å². The number of carbonyl (C=O) groups excluding carboxylic acids is 2. The molecule has 2 heterocycles. The second kappa shape index (κ2) is 7.44. The van der Waals surface area contributed by atoms with Crippen LogP contribution in [0.15, 0.2) is 24.3 Å². The largest absolute Gasteiger partial charge is 0.378 e. The molecule has 7 heteroatoms. The molecule has 0 spiro atoms. The lowest BCUT2D eigenvalue weighted by molar-refractivity contribution is -0.134. The van der Waals surface area contributed by atoms with E-state index in [1.807, 2.05) is 53.1 Å². The van der Waals surface area contributed by atoms with Crippen LogP contribution >= 0.6 is 11.8 Å². The lowest BCUT2D eigenvalue weighted by Gasteiger charge is -2.36. The average Bonchev–Trinajstić information content (AvgIpc) is 3.15. The van der Waals surface area contributed by atoms with Crippen molar-refractivity contribution in [3.63, 3.8) is 0 Å². The quantitative estimate of drug-likeness (QED) is 0.871. The van der Waals surface area contributed by atoms with Crippen molar-refractivity contribution in [2.24, 2.45) is 0 Å². The number of amides is 2. The van der Waals surface area contributed by atoms with Gasteiger partial charge in [0.15, 0.2) is 0 Å². The number of nitrogens with one attached hydrogen (secondary N) is 1. The fourth-order valence-corrected chi connectivity index (χ4v) is 3.92. The molecule has 2 saturated heterocycles. The Bertz CT molecular complexity index is 591. The Hall–Kier alpha value is -1.73. The molecule has 2 aliphatic rings. The summed E-state index contributed by atoms with van der Waals surface area (Å²) in [6.07, 6.45) is 0. The zero-order valence-electron chi connectivity index (χ0n) is 14.2. The smallest absolute Gasteiger partial charge is 0.253 e. The molecule has 1 unspecified atom stereocenters. The first-order valence-corrected chi connectivity index (χ1v) is 9.38. The Morgan fingerprint density at radius 2 is 1.71 bits per heavy atom. The predicted octanol–water partition coefficient (Wildman–Crippen LogP) is 0.700. The maximum atomic E-state index is 12.6. The van der Waals surface area contributed by atoms with Crippen molar-refractivity contribution >= 4 is 29.3 Å². The Balaban J connectivity index is 1.55. The molecule has 130 valence electrons. The van der Waals surface area contributed by atoms with E-state index in [2.05, 4.69) is 5.32 Å². The van der Waals surface area contributed by atoms with Crippen molar-refractivity contribution in [3.05, 3.63) is 29.8 Å². The first-order valence-electron chi connectivity index (χ1n) is 8.23. The van der Waals surface area contributed by atoms with Gasteiger partial charge in [0.05, 0.1) is 6.04 Å². The van der Waals surface area contributed by atoms with Crippen LogP contribution in [0.5, 0.6) is 0 Å². The topological polar surface area (TPSA) is 55.9 Å². The number of hydrogen-bond donors (Lipinski definition) is 1. The van der Waals surface area contributed by atoms with Gasteiger partial charge >= 0.3 is 0 Å². The van der Waals surface area contributed by atoms with E-state index in [-0.39, 0.29) is 17.9 Å². The fraction of sp³-hybridized carbons (Fsp3) is 0.529. The van der Waals surface area contributed by atoms with Crippen LogP contribution in [-0.2, 0) is 4.79 Å². The summed E-state index contributed by atoms with van der Waals surface area (Å²) in [7, 11) is 3.95. The lowest BCUT2D eigenvalue weighted by Crippen LogP contribution is -2.54. The van der Waals surface area contributed by atoms with E-state index in [0.717, 1.165) is 17.3 Å². The van der Waals surface area contributed by atoms with Crippen LogP contribution in [0, 0.1) is 0 Å². The van der Waals surface area contributed by atoms with Crippen LogP contribution < -0.4 is 10.2 Å². The lowest BCUT2D eigenvalue weighted by atomic mass is 10.1. The summed E-state index contributed by atoms with van der Waals surface area (Å²) >= 11 is 1.75. The molecule has 1 N–H and O–H groups in total. The molecule has 1 aromatic carbocycles. The van der Waals surface area contributed by atoms with E-state index >= 15 is 0 Å². The van der Waals surface area contributed by atoms with E-state index in [1.54, 1.807) is 11.8 Å². The van der Waals surface area contributed by atoms with Crippen molar-refractivity contribution in [1.82, 2.24) is 15.1 Å². The van der Waals surface area contributed by atoms with Crippen LogP contribution in [0.4, 0.5) is 5.69 Å². The number of benzene rings is 1. The zero-order valence-corrected chi connectivity index (χ0v) is 15.0. The second-order valence-corrected chi connectivity index (χ2v) is 7.36. The minimum atomic E-state index is -0.0594. The molecule has 2 fully saturated rings. The Kier molecular flexibility index (Phi) is 5.30. The number of carbonyl (C=O) groups is 2. The van der Waals surface area contributed by atoms with Gasteiger partial charge < -0.3 is 14.7 Å². The highest BCUT2D eigenvalue weighted by atomic mass is 32.2. The van der Waals surface area contributed by atoms with Gasteiger partial charge in [0.25, 0.3) is 5.91 Å². The molecule has 1 aromatic rings. The van der Waals surface area contributed by atoms with Crippen molar-refractivity contribution in [3.8, 4) is 0 Å². The first-order chi connectivity index (χ1) is 11.6. The van der Waals surface area contributed by atoms with E-state index < -0.39 is 0 Å². The van der Waals surface area contributed by atoms with E-state index in [1.165, 1.54) is 0 Å². The summed E-state index contributed by atoms with van der Waals surface area (Å²) < 4.78 is 0. The van der Waals surface area contributed by atoms with Crippen LogP contribution in [-0.4, -0.2) is 79.6 Å². The zero-order chi connectivity index (χ0) is 17.1. The molecule has 24 heavy (non-hydrogen) atoms. The molecule has 0 bridgehead atoms. The molecular weight excluding hydrogens is 324 g/mol. The molecule has 2 amide bonds. The molecule has 6 nitrogen and oxygen atoms in total. The molecule has 0 radical (unpaired) electrons. The van der Waals surface area contributed by atoms with E-state index in [4.69, 9.17) is 0 Å². The summed E-state index contributed by atoms with van der Waals surface area (Å²) in [5, 5.41) is 3.22. The minimum Gasteiger partial charge on any atom is -0.378 e. The van der Waals surface area contributed by atoms with Crippen LogP contribution in [0.3, 0.4) is 0 Å². The van der Waals surface area contributed by atoms with Gasteiger partial charge in [0, 0.05) is 63.2 Å². The van der Waals surface area contributed by atoms with Gasteiger partial charge in [-0.3, -0.25) is 14.9 Å². The van der Waals surface area contributed by atoms with E-state index in [0.29, 0.717) is 31.7 Å². The molecular formula is C17H24N4O2S. The Morgan fingerprint density at radius 1 is 1.08 bits per heavy atom. The summed E-state index contributed by atoms with van der Waals surface area (Å²) in [6.45, 7) is 2.42. The number of piperazine rings is 1. The van der Waals surface area contributed by atoms with Crippen molar-refractivity contribution in [2.45, 2.75) is 6.04 Å². The van der Waals surface area contributed by atoms with Crippen LogP contribution in [0.1, 0.15) is 10.4 Å². The van der Waals surface area contributed by atoms with Crippen LogP contribution in [0.2, 0.25) is 0 Å². The molecule has 2 aliphatic heterocycles. The number of rotatable bonds is 3. The fourth-order valence-electron chi connectivity index (χ4n) is 2.99. The molecule has 0 saturated carbocycles. The molecule has 0 aromatic heterocycles. The maximum Gasteiger partial charge on any atom is 0.253 e. The monoisotopic (exact) mass is 348 g/mol. The Morgan fingerprint density at radius 3 is 2.25 bits per heavy atom. The minimum absolute atomic E-state index is 0.0435. The summed E-state index contributed by atoms with van der Waals surface area (Å²) in [6, 6.07) is 7.59. The second-order valence-electron chi connectivity index (χ2n) is 6.33. The Labute approximate surface area is 147 Å². The van der Waals surface area contributed by atoms with Crippen molar-refractivity contribution < 1.29 is 9.59 Å². The summed E-state index contributed by atoms with van der Waals surface area (Å²) in [4.78, 5) is 30.7. The van der Waals surface area contributed by atoms with Crippen molar-refractivity contribution in [1.29, 1.82) is 0 Å². The third-order valence-corrected chi connectivity index (χ3v) is 5.46. The standard InChI is InChI=1S/C17H24N4O2S/c1-19(2)14-5-3-13(4-6-14)16(22)20-7-9-21(10-8-20)17(23)15-11-24-12-18-15/h3-6,15,18H,7-12H2,1-2H3. The molecule has 0 aliphatic carbocycles. The number of hydrogen-bond acceptors (Lipinski definition) is 5. The highest BCUT2D eigenvalue weighted by Crippen LogP contribution is 2.16. The van der Waals surface area contributed by atoms with Gasteiger partial charge in [0.2, 0.25) is 5.91 Å². The normalized spacial score (nSPS) is 21.0.